The van der Waals surface area contributed by atoms with Gasteiger partial charge in [-0.15, -0.1) is 0 Å². The summed E-state index contributed by atoms with van der Waals surface area (Å²) < 4.78 is 5.42. The Labute approximate surface area is 111 Å². The van der Waals surface area contributed by atoms with E-state index >= 15 is 0 Å². The van der Waals surface area contributed by atoms with Crippen LogP contribution in [-0.2, 0) is 0 Å². The zero-order valence-electron chi connectivity index (χ0n) is 11.8. The van der Waals surface area contributed by atoms with Gasteiger partial charge in [-0.1, -0.05) is 37.5 Å². The maximum Gasteiger partial charge on any atom is 0.123 e. The molecule has 2 rings (SSSR count). The summed E-state index contributed by atoms with van der Waals surface area (Å²) in [6.07, 6.45) is 5.59. The lowest BCUT2D eigenvalue weighted by Gasteiger charge is -2.30. The number of methoxy groups -OCH3 is 1. The molecule has 0 heterocycles. The van der Waals surface area contributed by atoms with Gasteiger partial charge in [0.2, 0.25) is 0 Å². The molecule has 2 atom stereocenters. The summed E-state index contributed by atoms with van der Waals surface area (Å²) in [6.45, 7) is 4.51. The second-order valence-electron chi connectivity index (χ2n) is 5.56. The quantitative estimate of drug-likeness (QED) is 0.822. The predicted octanol–water partition coefficient (Wildman–Crippen LogP) is 3.92. The van der Waals surface area contributed by atoms with Crippen molar-refractivity contribution in [3.05, 3.63) is 29.8 Å². The number of hydrogen-bond acceptors (Lipinski definition) is 2. The second kappa shape index (κ2) is 6.24. The Morgan fingerprint density at radius 2 is 2.00 bits per heavy atom. The number of benzene rings is 1. The minimum Gasteiger partial charge on any atom is -0.496 e. The molecule has 1 saturated carbocycles. The summed E-state index contributed by atoms with van der Waals surface area (Å²) in [6, 6.07) is 9.20. The van der Waals surface area contributed by atoms with Gasteiger partial charge in [-0.25, -0.2) is 0 Å². The number of ether oxygens (including phenoxy) is 1. The fourth-order valence-corrected chi connectivity index (χ4v) is 2.84. The van der Waals surface area contributed by atoms with Crippen molar-refractivity contribution in [2.45, 2.75) is 51.6 Å². The molecule has 100 valence electrons. The van der Waals surface area contributed by atoms with Gasteiger partial charge >= 0.3 is 0 Å². The van der Waals surface area contributed by atoms with E-state index in [4.69, 9.17) is 4.74 Å². The molecule has 2 nitrogen and oxygen atoms in total. The average Bonchev–Trinajstić information content (AvgIpc) is 2.33. The maximum atomic E-state index is 5.42. The van der Waals surface area contributed by atoms with E-state index in [0.29, 0.717) is 12.1 Å². The summed E-state index contributed by atoms with van der Waals surface area (Å²) in [7, 11) is 1.74. The van der Waals surface area contributed by atoms with Gasteiger partial charge < -0.3 is 10.1 Å². The third-order valence-corrected chi connectivity index (χ3v) is 4.05. The average molecular weight is 247 g/mol. The van der Waals surface area contributed by atoms with Gasteiger partial charge in [0, 0.05) is 17.6 Å². The number of rotatable bonds is 6. The zero-order valence-corrected chi connectivity index (χ0v) is 11.8. The standard InChI is InChI=1S/C16H25NO/c1-12(11-14-7-6-8-14)17-13(2)15-9-4-5-10-16(15)18-3/h4-5,9-10,12-14,17H,6-8,11H2,1-3H3/t12?,13-/m1/s1. The molecule has 18 heavy (non-hydrogen) atoms. The molecule has 1 aliphatic rings. The largest absolute Gasteiger partial charge is 0.496 e. The first-order valence-electron chi connectivity index (χ1n) is 7.09. The fourth-order valence-electron chi connectivity index (χ4n) is 2.84. The first kappa shape index (κ1) is 13.4. The van der Waals surface area contributed by atoms with Crippen LogP contribution in [0.2, 0.25) is 0 Å². The van der Waals surface area contributed by atoms with Crippen LogP contribution in [0.1, 0.15) is 51.1 Å². The van der Waals surface area contributed by atoms with Crippen molar-refractivity contribution in [3.8, 4) is 5.75 Å². The van der Waals surface area contributed by atoms with Crippen molar-refractivity contribution in [3.63, 3.8) is 0 Å². The Bertz CT molecular complexity index is 373. The monoisotopic (exact) mass is 247 g/mol. The third kappa shape index (κ3) is 3.26. The van der Waals surface area contributed by atoms with E-state index in [9.17, 15) is 0 Å². The van der Waals surface area contributed by atoms with Crippen LogP contribution in [0.5, 0.6) is 5.75 Å². The number of nitrogens with one attached hydrogen (secondary N) is 1. The lowest BCUT2D eigenvalue weighted by atomic mass is 9.81. The Morgan fingerprint density at radius 3 is 2.61 bits per heavy atom. The molecule has 0 aliphatic heterocycles. The lowest BCUT2D eigenvalue weighted by molar-refractivity contribution is 0.259. The van der Waals surface area contributed by atoms with Crippen LogP contribution in [0, 0.1) is 5.92 Å². The van der Waals surface area contributed by atoms with E-state index in [0.717, 1.165) is 11.7 Å². The Hall–Kier alpha value is -1.02. The van der Waals surface area contributed by atoms with Gasteiger partial charge in [0.1, 0.15) is 5.75 Å². The third-order valence-electron chi connectivity index (χ3n) is 4.05. The van der Waals surface area contributed by atoms with Crippen molar-refractivity contribution >= 4 is 0 Å². The van der Waals surface area contributed by atoms with E-state index in [1.165, 1.54) is 31.2 Å². The van der Waals surface area contributed by atoms with Crippen LogP contribution in [0.15, 0.2) is 24.3 Å². The predicted molar refractivity (Wildman–Crippen MR) is 76.0 cm³/mol. The van der Waals surface area contributed by atoms with Crippen molar-refractivity contribution in [2.75, 3.05) is 7.11 Å². The molecule has 1 aromatic carbocycles. The molecule has 2 heteroatoms. The molecule has 0 spiro atoms. The lowest BCUT2D eigenvalue weighted by Crippen LogP contribution is -2.32. The SMILES string of the molecule is COc1ccccc1[C@@H](C)NC(C)CC1CCC1. The molecular formula is C16H25NO. The molecule has 1 aliphatic carbocycles. The van der Waals surface area contributed by atoms with E-state index in [1.54, 1.807) is 7.11 Å². The second-order valence-corrected chi connectivity index (χ2v) is 5.56. The highest BCUT2D eigenvalue weighted by molar-refractivity contribution is 5.35. The molecule has 1 aromatic rings. The number of hydrogen-bond donors (Lipinski definition) is 1. The highest BCUT2D eigenvalue weighted by Crippen LogP contribution is 2.31. The van der Waals surface area contributed by atoms with E-state index in [1.807, 2.05) is 12.1 Å². The Kier molecular flexibility index (Phi) is 4.65. The van der Waals surface area contributed by atoms with E-state index < -0.39 is 0 Å². The van der Waals surface area contributed by atoms with Crippen molar-refractivity contribution < 1.29 is 4.74 Å². The summed E-state index contributed by atoms with van der Waals surface area (Å²) in [5.74, 6) is 1.94. The van der Waals surface area contributed by atoms with E-state index in [-0.39, 0.29) is 0 Å². The van der Waals surface area contributed by atoms with Crippen molar-refractivity contribution in [1.29, 1.82) is 0 Å². The molecule has 1 unspecified atom stereocenters. The van der Waals surface area contributed by atoms with Crippen molar-refractivity contribution in [2.24, 2.45) is 5.92 Å². The highest BCUT2D eigenvalue weighted by atomic mass is 16.5. The minimum atomic E-state index is 0.344. The topological polar surface area (TPSA) is 21.3 Å². The van der Waals surface area contributed by atoms with Gasteiger partial charge in [0.05, 0.1) is 7.11 Å². The number of para-hydroxylation sites is 1. The van der Waals surface area contributed by atoms with Crippen LogP contribution in [0.25, 0.3) is 0 Å². The fraction of sp³-hybridized carbons (Fsp3) is 0.625. The smallest absolute Gasteiger partial charge is 0.123 e. The normalized spacial score (nSPS) is 19.1. The van der Waals surface area contributed by atoms with Gasteiger partial charge in [0.25, 0.3) is 0 Å². The summed E-state index contributed by atoms with van der Waals surface area (Å²) in [4.78, 5) is 0. The molecule has 0 aromatic heterocycles. The molecular weight excluding hydrogens is 222 g/mol. The van der Waals surface area contributed by atoms with Gasteiger partial charge in [-0.2, -0.15) is 0 Å². The van der Waals surface area contributed by atoms with Gasteiger partial charge in [-0.3, -0.25) is 0 Å². The van der Waals surface area contributed by atoms with Crippen LogP contribution >= 0.6 is 0 Å². The van der Waals surface area contributed by atoms with Gasteiger partial charge in [0.15, 0.2) is 0 Å². The maximum absolute atomic E-state index is 5.42. The van der Waals surface area contributed by atoms with Crippen LogP contribution in [0.4, 0.5) is 0 Å². The zero-order chi connectivity index (χ0) is 13.0. The molecule has 0 saturated heterocycles. The van der Waals surface area contributed by atoms with Gasteiger partial charge in [-0.05, 0) is 32.3 Å². The van der Waals surface area contributed by atoms with Crippen LogP contribution < -0.4 is 10.1 Å². The van der Waals surface area contributed by atoms with Crippen LogP contribution in [0.3, 0.4) is 0 Å². The molecule has 0 bridgehead atoms. The molecule has 0 radical (unpaired) electrons. The highest BCUT2D eigenvalue weighted by Gasteiger charge is 2.21. The summed E-state index contributed by atoms with van der Waals surface area (Å²) in [5.41, 5.74) is 1.25. The Balaban J connectivity index is 1.91. The first-order valence-corrected chi connectivity index (χ1v) is 7.09. The summed E-state index contributed by atoms with van der Waals surface area (Å²) >= 11 is 0. The van der Waals surface area contributed by atoms with Crippen LogP contribution in [-0.4, -0.2) is 13.2 Å². The first-order chi connectivity index (χ1) is 8.70. The Morgan fingerprint density at radius 1 is 1.28 bits per heavy atom. The minimum absolute atomic E-state index is 0.344. The molecule has 1 fully saturated rings. The molecule has 1 N–H and O–H groups in total. The summed E-state index contributed by atoms with van der Waals surface area (Å²) in [5, 5.41) is 3.69. The molecule has 0 amide bonds. The van der Waals surface area contributed by atoms with E-state index in [2.05, 4.69) is 31.3 Å². The van der Waals surface area contributed by atoms with Crippen molar-refractivity contribution in [1.82, 2.24) is 5.32 Å².